The fraction of sp³-hybridized carbons (Fsp3) is 0.125. The van der Waals surface area contributed by atoms with E-state index in [0.717, 1.165) is 27.7 Å². The van der Waals surface area contributed by atoms with Crippen LogP contribution >= 0.6 is 0 Å². The van der Waals surface area contributed by atoms with Crippen LogP contribution in [0.1, 0.15) is 11.1 Å². The van der Waals surface area contributed by atoms with E-state index in [2.05, 4.69) is 4.98 Å². The second-order valence-electron chi connectivity index (χ2n) is 4.69. The number of nitrogens with two attached hydrogens (primary N) is 1. The van der Waals surface area contributed by atoms with Gasteiger partial charge in [0, 0.05) is 17.4 Å². The molecule has 2 aromatic carbocycles. The first kappa shape index (κ1) is 11.9. The van der Waals surface area contributed by atoms with Gasteiger partial charge in [-0.25, -0.2) is 4.39 Å². The molecule has 3 heteroatoms. The summed E-state index contributed by atoms with van der Waals surface area (Å²) in [6.07, 6.45) is 0. The number of fused-ring (bicyclic) bond motifs is 1. The largest absolute Gasteiger partial charge is 0.354 e. The Morgan fingerprint density at radius 1 is 1.16 bits per heavy atom. The fourth-order valence-corrected chi connectivity index (χ4v) is 2.46. The molecule has 3 N–H and O–H groups in total. The number of benzene rings is 2. The molecule has 0 radical (unpaired) electrons. The number of aryl methyl sites for hydroxylation is 1. The van der Waals surface area contributed by atoms with Crippen LogP contribution in [0.5, 0.6) is 0 Å². The minimum absolute atomic E-state index is 0.186. The van der Waals surface area contributed by atoms with Crippen LogP contribution in [-0.2, 0) is 6.54 Å². The molecule has 3 rings (SSSR count). The summed E-state index contributed by atoms with van der Waals surface area (Å²) in [7, 11) is 0. The van der Waals surface area contributed by atoms with Gasteiger partial charge in [-0.05, 0) is 47.9 Å². The maximum Gasteiger partial charge on any atom is 0.126 e. The average Bonchev–Trinajstić information content (AvgIpc) is 2.80. The van der Waals surface area contributed by atoms with Crippen LogP contribution in [0.15, 0.2) is 42.5 Å². The highest BCUT2D eigenvalue weighted by Crippen LogP contribution is 2.30. The Bertz CT molecular complexity index is 744. The molecule has 0 aliphatic heterocycles. The topological polar surface area (TPSA) is 41.8 Å². The van der Waals surface area contributed by atoms with E-state index < -0.39 is 0 Å². The third-order valence-electron chi connectivity index (χ3n) is 3.46. The predicted molar refractivity (Wildman–Crippen MR) is 76.3 cm³/mol. The number of para-hydroxylation sites is 1. The van der Waals surface area contributed by atoms with Gasteiger partial charge in [0.05, 0.1) is 5.69 Å². The van der Waals surface area contributed by atoms with E-state index in [4.69, 9.17) is 5.73 Å². The first-order valence-corrected chi connectivity index (χ1v) is 6.27. The summed E-state index contributed by atoms with van der Waals surface area (Å²) >= 11 is 0. The highest BCUT2D eigenvalue weighted by molar-refractivity contribution is 5.90. The van der Waals surface area contributed by atoms with Gasteiger partial charge in [0.2, 0.25) is 0 Å². The highest BCUT2D eigenvalue weighted by Gasteiger charge is 2.12. The van der Waals surface area contributed by atoms with Crippen LogP contribution in [0.3, 0.4) is 0 Å². The molecule has 3 aromatic rings. The Labute approximate surface area is 111 Å². The van der Waals surface area contributed by atoms with E-state index >= 15 is 0 Å². The molecule has 0 aliphatic rings. The normalized spacial score (nSPS) is 11.1. The summed E-state index contributed by atoms with van der Waals surface area (Å²) in [4.78, 5) is 3.38. The molecule has 96 valence electrons. The third-order valence-corrected chi connectivity index (χ3v) is 3.46. The zero-order valence-corrected chi connectivity index (χ0v) is 10.7. The summed E-state index contributed by atoms with van der Waals surface area (Å²) in [5.41, 5.74) is 10.6. The van der Waals surface area contributed by atoms with E-state index in [9.17, 15) is 4.39 Å². The number of aromatic amines is 1. The van der Waals surface area contributed by atoms with E-state index in [1.807, 2.05) is 30.3 Å². The molecule has 19 heavy (non-hydrogen) atoms. The number of nitrogens with one attached hydrogen (secondary N) is 1. The summed E-state index contributed by atoms with van der Waals surface area (Å²) in [6, 6.07) is 13.2. The molecule has 0 atom stereocenters. The van der Waals surface area contributed by atoms with Crippen molar-refractivity contribution in [1.29, 1.82) is 0 Å². The zero-order chi connectivity index (χ0) is 13.4. The maximum atomic E-state index is 13.4. The van der Waals surface area contributed by atoms with E-state index in [0.29, 0.717) is 12.1 Å². The minimum Gasteiger partial charge on any atom is -0.354 e. The van der Waals surface area contributed by atoms with Crippen molar-refractivity contribution in [3.8, 4) is 11.3 Å². The van der Waals surface area contributed by atoms with Crippen LogP contribution in [0.25, 0.3) is 22.2 Å². The lowest BCUT2D eigenvalue weighted by Gasteiger charge is -2.04. The number of hydrogen-bond acceptors (Lipinski definition) is 1. The molecule has 0 bridgehead atoms. The molecule has 0 spiro atoms. The summed E-state index contributed by atoms with van der Waals surface area (Å²) in [6.45, 7) is 2.22. The molecule has 1 aromatic heterocycles. The van der Waals surface area contributed by atoms with Gasteiger partial charge in [-0.15, -0.1) is 0 Å². The quantitative estimate of drug-likeness (QED) is 0.718. The van der Waals surface area contributed by atoms with Gasteiger partial charge >= 0.3 is 0 Å². The van der Waals surface area contributed by atoms with Crippen LogP contribution < -0.4 is 5.73 Å². The number of H-pyrrole nitrogens is 1. The Morgan fingerprint density at radius 2 is 1.95 bits per heavy atom. The van der Waals surface area contributed by atoms with Crippen molar-refractivity contribution < 1.29 is 4.39 Å². The Hall–Kier alpha value is -2.13. The number of rotatable bonds is 2. The predicted octanol–water partition coefficient (Wildman–Crippen LogP) is 3.74. The van der Waals surface area contributed by atoms with Crippen molar-refractivity contribution in [2.24, 2.45) is 5.73 Å². The standard InChI is InChI=1S/C16H15FN2/c1-10-8-11(6-7-14(10)17)16-13(9-18)12-4-2-3-5-15(12)19-16/h2-8,19H,9,18H2,1H3. The number of aromatic nitrogens is 1. The lowest BCUT2D eigenvalue weighted by Crippen LogP contribution is -1.97. The van der Waals surface area contributed by atoms with E-state index in [1.54, 1.807) is 13.0 Å². The number of hydrogen-bond donors (Lipinski definition) is 2. The smallest absolute Gasteiger partial charge is 0.126 e. The molecule has 0 saturated carbocycles. The zero-order valence-electron chi connectivity index (χ0n) is 10.7. The first-order chi connectivity index (χ1) is 9.20. The van der Waals surface area contributed by atoms with Crippen molar-refractivity contribution in [2.75, 3.05) is 0 Å². The van der Waals surface area contributed by atoms with Crippen LogP contribution in [0, 0.1) is 12.7 Å². The second-order valence-corrected chi connectivity index (χ2v) is 4.69. The van der Waals surface area contributed by atoms with Crippen molar-refractivity contribution in [3.05, 3.63) is 59.4 Å². The molecule has 1 heterocycles. The number of halogens is 1. The van der Waals surface area contributed by atoms with Gasteiger partial charge in [-0.3, -0.25) is 0 Å². The molecule has 0 aliphatic carbocycles. The van der Waals surface area contributed by atoms with Crippen molar-refractivity contribution in [3.63, 3.8) is 0 Å². The van der Waals surface area contributed by atoms with Gasteiger partial charge in [0.15, 0.2) is 0 Å². The molecule has 0 fully saturated rings. The maximum absolute atomic E-state index is 13.4. The van der Waals surface area contributed by atoms with Gasteiger partial charge in [-0.1, -0.05) is 18.2 Å². The van der Waals surface area contributed by atoms with Crippen LogP contribution in [0.2, 0.25) is 0 Å². The Kier molecular flexibility index (Phi) is 2.84. The molecule has 0 saturated heterocycles. The van der Waals surface area contributed by atoms with Crippen molar-refractivity contribution in [1.82, 2.24) is 4.98 Å². The first-order valence-electron chi connectivity index (χ1n) is 6.27. The van der Waals surface area contributed by atoms with Crippen LogP contribution in [-0.4, -0.2) is 4.98 Å². The van der Waals surface area contributed by atoms with Crippen molar-refractivity contribution >= 4 is 10.9 Å². The van der Waals surface area contributed by atoms with E-state index in [-0.39, 0.29) is 5.82 Å². The summed E-state index contributed by atoms with van der Waals surface area (Å²) in [5.74, 6) is -0.186. The lowest BCUT2D eigenvalue weighted by atomic mass is 10.0. The molecule has 2 nitrogen and oxygen atoms in total. The lowest BCUT2D eigenvalue weighted by molar-refractivity contribution is 0.619. The van der Waals surface area contributed by atoms with Crippen LogP contribution in [0.4, 0.5) is 4.39 Å². The fourth-order valence-electron chi connectivity index (χ4n) is 2.46. The second kappa shape index (κ2) is 4.52. The Morgan fingerprint density at radius 3 is 2.68 bits per heavy atom. The van der Waals surface area contributed by atoms with Gasteiger partial charge in [-0.2, -0.15) is 0 Å². The third kappa shape index (κ3) is 1.92. The van der Waals surface area contributed by atoms with Gasteiger partial charge in [0.25, 0.3) is 0 Å². The monoisotopic (exact) mass is 254 g/mol. The summed E-state index contributed by atoms with van der Waals surface area (Å²) in [5, 5.41) is 1.13. The Balaban J connectivity index is 2.26. The molecule has 0 unspecified atom stereocenters. The van der Waals surface area contributed by atoms with Gasteiger partial charge < -0.3 is 10.7 Å². The van der Waals surface area contributed by atoms with Crippen molar-refractivity contribution in [2.45, 2.75) is 13.5 Å². The minimum atomic E-state index is -0.186. The average molecular weight is 254 g/mol. The molecular weight excluding hydrogens is 239 g/mol. The molecular formula is C16H15FN2. The highest BCUT2D eigenvalue weighted by atomic mass is 19.1. The van der Waals surface area contributed by atoms with Gasteiger partial charge in [0.1, 0.15) is 5.82 Å². The SMILES string of the molecule is Cc1cc(-c2[nH]c3ccccc3c2CN)ccc1F. The van der Waals surface area contributed by atoms with E-state index in [1.165, 1.54) is 6.07 Å². The summed E-state index contributed by atoms with van der Waals surface area (Å²) < 4.78 is 13.4. The molecule has 0 amide bonds.